The zero-order valence-electron chi connectivity index (χ0n) is 10.1. The number of fused-ring (bicyclic) bond motifs is 1. The van der Waals surface area contributed by atoms with Crippen molar-refractivity contribution in [2.45, 2.75) is 13.5 Å². The van der Waals surface area contributed by atoms with Crippen molar-refractivity contribution in [2.24, 2.45) is 5.73 Å². The highest BCUT2D eigenvalue weighted by Gasteiger charge is 2.16. The molecule has 0 atom stereocenters. The SMILES string of the molecule is Cc1nc(CN)oc1-c1ccc2c(c1)OCCO2. The van der Waals surface area contributed by atoms with E-state index in [-0.39, 0.29) is 0 Å². The Kier molecular flexibility index (Phi) is 2.68. The van der Waals surface area contributed by atoms with Crippen LogP contribution in [-0.4, -0.2) is 18.2 Å². The number of nitrogens with two attached hydrogens (primary N) is 1. The summed E-state index contributed by atoms with van der Waals surface area (Å²) < 4.78 is 16.6. The molecule has 94 valence electrons. The highest BCUT2D eigenvalue weighted by atomic mass is 16.6. The van der Waals surface area contributed by atoms with Crippen molar-refractivity contribution in [1.82, 2.24) is 4.98 Å². The molecule has 2 heterocycles. The normalized spacial score (nSPS) is 13.7. The van der Waals surface area contributed by atoms with Crippen LogP contribution in [0.2, 0.25) is 0 Å². The summed E-state index contributed by atoms with van der Waals surface area (Å²) in [7, 11) is 0. The summed E-state index contributed by atoms with van der Waals surface area (Å²) in [6.07, 6.45) is 0. The summed E-state index contributed by atoms with van der Waals surface area (Å²) in [6.45, 7) is 3.35. The van der Waals surface area contributed by atoms with Crippen LogP contribution in [0.5, 0.6) is 11.5 Å². The zero-order valence-corrected chi connectivity index (χ0v) is 10.1. The molecule has 0 unspecified atom stereocenters. The Labute approximate surface area is 105 Å². The van der Waals surface area contributed by atoms with Gasteiger partial charge in [-0.05, 0) is 25.1 Å². The quantitative estimate of drug-likeness (QED) is 0.876. The third-order valence-electron chi connectivity index (χ3n) is 2.82. The summed E-state index contributed by atoms with van der Waals surface area (Å²) in [5, 5.41) is 0. The van der Waals surface area contributed by atoms with E-state index in [2.05, 4.69) is 4.98 Å². The Bertz CT molecular complexity index is 578. The molecule has 1 aromatic heterocycles. The molecule has 1 aromatic carbocycles. The number of aromatic nitrogens is 1. The first-order valence-corrected chi connectivity index (χ1v) is 5.84. The molecular formula is C13H14N2O3. The number of hydrogen-bond acceptors (Lipinski definition) is 5. The van der Waals surface area contributed by atoms with Gasteiger partial charge in [-0.1, -0.05) is 0 Å². The average molecular weight is 246 g/mol. The molecular weight excluding hydrogens is 232 g/mol. The van der Waals surface area contributed by atoms with Crippen LogP contribution in [0.4, 0.5) is 0 Å². The molecule has 0 bridgehead atoms. The van der Waals surface area contributed by atoms with Gasteiger partial charge < -0.3 is 19.6 Å². The number of benzene rings is 1. The van der Waals surface area contributed by atoms with E-state index in [1.807, 2.05) is 25.1 Å². The molecule has 1 aliphatic heterocycles. The van der Waals surface area contributed by atoms with Crippen molar-refractivity contribution in [3.8, 4) is 22.8 Å². The Morgan fingerprint density at radius 1 is 1.22 bits per heavy atom. The summed E-state index contributed by atoms with van der Waals surface area (Å²) >= 11 is 0. The van der Waals surface area contributed by atoms with E-state index in [4.69, 9.17) is 19.6 Å². The fourth-order valence-corrected chi connectivity index (χ4v) is 1.99. The Balaban J connectivity index is 2.03. The average Bonchev–Trinajstić information content (AvgIpc) is 2.79. The van der Waals surface area contributed by atoms with E-state index in [0.29, 0.717) is 25.6 Å². The van der Waals surface area contributed by atoms with Gasteiger partial charge in [0.05, 0.1) is 12.2 Å². The fraction of sp³-hybridized carbons (Fsp3) is 0.308. The molecule has 0 saturated heterocycles. The Hall–Kier alpha value is -2.01. The van der Waals surface area contributed by atoms with Gasteiger partial charge in [-0.3, -0.25) is 0 Å². The van der Waals surface area contributed by atoms with Crippen molar-refractivity contribution in [2.75, 3.05) is 13.2 Å². The van der Waals surface area contributed by atoms with Crippen LogP contribution >= 0.6 is 0 Å². The van der Waals surface area contributed by atoms with E-state index in [1.54, 1.807) is 0 Å². The second kappa shape index (κ2) is 4.34. The van der Waals surface area contributed by atoms with Crippen molar-refractivity contribution in [3.05, 3.63) is 29.8 Å². The number of rotatable bonds is 2. The maximum absolute atomic E-state index is 5.61. The minimum Gasteiger partial charge on any atom is -0.486 e. The van der Waals surface area contributed by atoms with Gasteiger partial charge in [0.1, 0.15) is 13.2 Å². The summed E-state index contributed by atoms with van der Waals surface area (Å²) in [5.41, 5.74) is 7.27. The lowest BCUT2D eigenvalue weighted by Crippen LogP contribution is -2.15. The van der Waals surface area contributed by atoms with Crippen LogP contribution in [0, 0.1) is 6.92 Å². The molecule has 0 saturated carbocycles. The highest BCUT2D eigenvalue weighted by Crippen LogP contribution is 2.35. The van der Waals surface area contributed by atoms with Crippen molar-refractivity contribution < 1.29 is 13.9 Å². The first-order chi connectivity index (χ1) is 8.78. The van der Waals surface area contributed by atoms with Gasteiger partial charge in [0, 0.05) is 5.56 Å². The standard InChI is InChI=1S/C13H14N2O3/c1-8-13(18-12(7-14)15-8)9-2-3-10-11(6-9)17-5-4-16-10/h2-3,6H,4-5,7,14H2,1H3. The lowest BCUT2D eigenvalue weighted by Gasteiger charge is -2.18. The van der Waals surface area contributed by atoms with E-state index >= 15 is 0 Å². The molecule has 2 aromatic rings. The molecule has 0 aliphatic carbocycles. The van der Waals surface area contributed by atoms with Crippen LogP contribution in [0.3, 0.4) is 0 Å². The van der Waals surface area contributed by atoms with Gasteiger partial charge in [0.25, 0.3) is 0 Å². The van der Waals surface area contributed by atoms with Gasteiger partial charge in [0.2, 0.25) is 5.89 Å². The number of oxazole rings is 1. The monoisotopic (exact) mass is 246 g/mol. The number of nitrogens with zero attached hydrogens (tertiary/aromatic N) is 1. The third-order valence-corrected chi connectivity index (χ3v) is 2.82. The van der Waals surface area contributed by atoms with Crippen LogP contribution in [-0.2, 0) is 6.54 Å². The Morgan fingerprint density at radius 2 is 2.00 bits per heavy atom. The molecule has 1 aliphatic rings. The first-order valence-electron chi connectivity index (χ1n) is 5.84. The second-order valence-corrected chi connectivity index (χ2v) is 4.08. The van der Waals surface area contributed by atoms with Crippen LogP contribution in [0.15, 0.2) is 22.6 Å². The largest absolute Gasteiger partial charge is 0.486 e. The summed E-state index contributed by atoms with van der Waals surface area (Å²) in [5.74, 6) is 2.77. The topological polar surface area (TPSA) is 70.5 Å². The smallest absolute Gasteiger partial charge is 0.208 e. The van der Waals surface area contributed by atoms with Crippen LogP contribution in [0.25, 0.3) is 11.3 Å². The predicted molar refractivity (Wildman–Crippen MR) is 65.6 cm³/mol. The molecule has 18 heavy (non-hydrogen) atoms. The maximum atomic E-state index is 5.61. The van der Waals surface area contributed by atoms with Gasteiger partial charge in [-0.15, -0.1) is 0 Å². The van der Waals surface area contributed by atoms with Crippen molar-refractivity contribution >= 4 is 0 Å². The van der Waals surface area contributed by atoms with E-state index in [9.17, 15) is 0 Å². The van der Waals surface area contributed by atoms with Gasteiger partial charge in [-0.2, -0.15) is 0 Å². The second-order valence-electron chi connectivity index (χ2n) is 4.08. The Morgan fingerprint density at radius 3 is 2.72 bits per heavy atom. The lowest BCUT2D eigenvalue weighted by molar-refractivity contribution is 0.171. The fourth-order valence-electron chi connectivity index (χ4n) is 1.99. The van der Waals surface area contributed by atoms with Crippen LogP contribution < -0.4 is 15.2 Å². The number of hydrogen-bond donors (Lipinski definition) is 1. The zero-order chi connectivity index (χ0) is 12.5. The molecule has 5 heteroatoms. The summed E-state index contributed by atoms with van der Waals surface area (Å²) in [6, 6.07) is 5.72. The predicted octanol–water partition coefficient (Wildman–Crippen LogP) is 1.88. The molecule has 0 amide bonds. The first kappa shape index (κ1) is 11.1. The summed E-state index contributed by atoms with van der Waals surface area (Å²) in [4.78, 5) is 4.25. The number of ether oxygens (including phenoxy) is 2. The molecule has 0 fully saturated rings. The molecule has 5 nitrogen and oxygen atoms in total. The molecule has 2 N–H and O–H groups in total. The highest BCUT2D eigenvalue weighted by molar-refractivity contribution is 5.64. The van der Waals surface area contributed by atoms with Crippen LogP contribution in [0.1, 0.15) is 11.6 Å². The van der Waals surface area contributed by atoms with Gasteiger partial charge in [-0.25, -0.2) is 4.98 Å². The lowest BCUT2D eigenvalue weighted by atomic mass is 10.1. The van der Waals surface area contributed by atoms with E-state index in [1.165, 1.54) is 0 Å². The molecule has 0 spiro atoms. The van der Waals surface area contributed by atoms with E-state index < -0.39 is 0 Å². The minimum atomic E-state index is 0.297. The molecule has 3 rings (SSSR count). The van der Waals surface area contributed by atoms with E-state index in [0.717, 1.165) is 28.5 Å². The number of aryl methyl sites for hydroxylation is 1. The maximum Gasteiger partial charge on any atom is 0.208 e. The van der Waals surface area contributed by atoms with Gasteiger partial charge in [0.15, 0.2) is 17.3 Å². The minimum absolute atomic E-state index is 0.297. The third kappa shape index (κ3) is 1.82. The van der Waals surface area contributed by atoms with Crippen molar-refractivity contribution in [3.63, 3.8) is 0 Å². The molecule has 0 radical (unpaired) electrons. The van der Waals surface area contributed by atoms with Crippen molar-refractivity contribution in [1.29, 1.82) is 0 Å². The van der Waals surface area contributed by atoms with Gasteiger partial charge >= 0.3 is 0 Å².